The van der Waals surface area contributed by atoms with Crippen molar-refractivity contribution in [3.63, 3.8) is 0 Å². The maximum Gasteiger partial charge on any atom is 0.278 e. The van der Waals surface area contributed by atoms with Gasteiger partial charge in [0.25, 0.3) is 11.8 Å². The molecule has 2 aromatic rings. The van der Waals surface area contributed by atoms with Gasteiger partial charge in [0.05, 0.1) is 10.6 Å². The van der Waals surface area contributed by atoms with Gasteiger partial charge in [0.1, 0.15) is 5.70 Å². The van der Waals surface area contributed by atoms with Crippen molar-refractivity contribution in [2.45, 2.75) is 39.2 Å². The summed E-state index contributed by atoms with van der Waals surface area (Å²) in [5.74, 6) is 0.0448. The van der Waals surface area contributed by atoms with Crippen LogP contribution in [0.25, 0.3) is 5.57 Å². The highest BCUT2D eigenvalue weighted by atomic mass is 35.5. The molecule has 0 unspecified atom stereocenters. The number of hydrogen-bond acceptors (Lipinski definition) is 3. The van der Waals surface area contributed by atoms with Gasteiger partial charge in [-0.1, -0.05) is 59.6 Å². The monoisotopic (exact) mass is 456 g/mol. The summed E-state index contributed by atoms with van der Waals surface area (Å²) in [6, 6.07) is 15.3. The van der Waals surface area contributed by atoms with E-state index in [9.17, 15) is 9.59 Å². The quantitative estimate of drug-likeness (QED) is 0.562. The lowest BCUT2D eigenvalue weighted by molar-refractivity contribution is -0.139. The molecule has 2 heterocycles. The predicted molar refractivity (Wildman–Crippen MR) is 125 cm³/mol. The first kappa shape index (κ1) is 21.9. The Bertz CT molecular complexity index is 1030. The lowest BCUT2D eigenvalue weighted by Crippen LogP contribution is -2.41. The molecule has 0 aliphatic carbocycles. The molecule has 1 fully saturated rings. The van der Waals surface area contributed by atoms with E-state index >= 15 is 0 Å². The Hall–Kier alpha value is -2.30. The maximum absolute atomic E-state index is 13.3. The highest BCUT2D eigenvalue weighted by Gasteiger charge is 2.43. The molecule has 0 radical (unpaired) electrons. The summed E-state index contributed by atoms with van der Waals surface area (Å²) in [6.45, 7) is 5.19. The minimum Gasteiger partial charge on any atom is -0.366 e. The first-order valence-electron chi connectivity index (χ1n) is 10.7. The third-order valence-corrected chi connectivity index (χ3v) is 6.65. The molecule has 31 heavy (non-hydrogen) atoms. The molecule has 162 valence electrons. The fraction of sp³-hybridized carbons (Fsp3) is 0.360. The molecule has 2 aliphatic rings. The van der Waals surface area contributed by atoms with Crippen LogP contribution in [0.2, 0.25) is 10.0 Å². The van der Waals surface area contributed by atoms with E-state index in [4.69, 9.17) is 23.2 Å². The second kappa shape index (κ2) is 9.05. The second-order valence-electron chi connectivity index (χ2n) is 8.54. The Morgan fingerprint density at radius 3 is 2.26 bits per heavy atom. The van der Waals surface area contributed by atoms with Crippen LogP contribution in [0.1, 0.15) is 37.8 Å². The molecule has 0 bridgehead atoms. The van der Waals surface area contributed by atoms with E-state index < -0.39 is 0 Å². The first-order chi connectivity index (χ1) is 14.9. The number of benzene rings is 2. The van der Waals surface area contributed by atoms with Crippen molar-refractivity contribution in [2.24, 2.45) is 5.92 Å². The van der Waals surface area contributed by atoms with Gasteiger partial charge in [0, 0.05) is 29.7 Å². The molecule has 0 aromatic heterocycles. The van der Waals surface area contributed by atoms with E-state index in [1.54, 1.807) is 18.2 Å². The number of hydrogen-bond donors (Lipinski definition) is 0. The number of rotatable bonds is 5. The number of imide groups is 1. The van der Waals surface area contributed by atoms with Gasteiger partial charge in [-0.05, 0) is 56.7 Å². The standard InChI is InChI=1S/C25H26Cl2N2O2/c1-16(2)29-24(30)22(20-9-8-19(26)15-21(20)27)23(25(29)31)28-12-10-18(11-13-28)14-17-6-4-3-5-7-17/h3-9,15-16,18H,10-14H2,1-2H3. The molecule has 4 rings (SSSR count). The van der Waals surface area contributed by atoms with Crippen molar-refractivity contribution in [1.29, 1.82) is 0 Å². The van der Waals surface area contributed by atoms with Crippen LogP contribution in [-0.2, 0) is 16.0 Å². The molecule has 2 aromatic carbocycles. The molecule has 2 aliphatic heterocycles. The topological polar surface area (TPSA) is 40.6 Å². The SMILES string of the molecule is CC(C)N1C(=O)C(c2ccc(Cl)cc2Cl)=C(N2CCC(Cc3ccccc3)CC2)C1=O. The van der Waals surface area contributed by atoms with Crippen LogP contribution < -0.4 is 0 Å². The third-order valence-electron chi connectivity index (χ3n) is 6.11. The second-order valence-corrected chi connectivity index (χ2v) is 9.39. The molecule has 1 saturated heterocycles. The molecule has 2 amide bonds. The normalized spacial score (nSPS) is 18.0. The Kier molecular flexibility index (Phi) is 6.40. The molecule has 4 nitrogen and oxygen atoms in total. The maximum atomic E-state index is 13.3. The predicted octanol–water partition coefficient (Wildman–Crippen LogP) is 5.44. The number of carbonyl (C=O) groups is 2. The van der Waals surface area contributed by atoms with E-state index in [2.05, 4.69) is 29.2 Å². The molecule has 0 atom stereocenters. The minimum atomic E-state index is -0.286. The number of nitrogens with zero attached hydrogens (tertiary/aromatic N) is 2. The summed E-state index contributed by atoms with van der Waals surface area (Å²) >= 11 is 12.5. The van der Waals surface area contributed by atoms with E-state index in [1.165, 1.54) is 10.5 Å². The molecule has 6 heteroatoms. The lowest BCUT2D eigenvalue weighted by Gasteiger charge is -2.34. The minimum absolute atomic E-state index is 0.228. The Morgan fingerprint density at radius 2 is 1.65 bits per heavy atom. The van der Waals surface area contributed by atoms with Crippen molar-refractivity contribution >= 4 is 40.6 Å². The largest absolute Gasteiger partial charge is 0.366 e. The summed E-state index contributed by atoms with van der Waals surface area (Å²) < 4.78 is 0. The van der Waals surface area contributed by atoms with Gasteiger partial charge in [0.2, 0.25) is 0 Å². The van der Waals surface area contributed by atoms with Crippen molar-refractivity contribution < 1.29 is 9.59 Å². The Labute approximate surface area is 193 Å². The van der Waals surface area contributed by atoms with Gasteiger partial charge in [0.15, 0.2) is 0 Å². The van der Waals surface area contributed by atoms with Crippen LogP contribution in [-0.4, -0.2) is 40.7 Å². The van der Waals surface area contributed by atoms with Crippen LogP contribution in [0.3, 0.4) is 0 Å². The van der Waals surface area contributed by atoms with Crippen LogP contribution >= 0.6 is 23.2 Å². The van der Waals surface area contributed by atoms with Crippen molar-refractivity contribution in [3.8, 4) is 0 Å². The number of likely N-dealkylation sites (tertiary alicyclic amines) is 1. The van der Waals surface area contributed by atoms with E-state index in [0.29, 0.717) is 32.8 Å². The summed E-state index contributed by atoms with van der Waals surface area (Å²) in [5, 5.41) is 0.876. The summed E-state index contributed by atoms with van der Waals surface area (Å²) in [4.78, 5) is 30.0. The zero-order valence-electron chi connectivity index (χ0n) is 17.8. The van der Waals surface area contributed by atoms with Crippen molar-refractivity contribution in [3.05, 3.63) is 75.4 Å². The first-order valence-corrected chi connectivity index (χ1v) is 11.5. The van der Waals surface area contributed by atoms with Gasteiger partial charge in [-0.3, -0.25) is 14.5 Å². The summed E-state index contributed by atoms with van der Waals surface area (Å²) in [5.41, 5.74) is 2.77. The number of amides is 2. The fourth-order valence-electron chi connectivity index (χ4n) is 4.54. The van der Waals surface area contributed by atoms with Crippen LogP contribution in [0.4, 0.5) is 0 Å². The zero-order chi connectivity index (χ0) is 22.1. The van der Waals surface area contributed by atoms with E-state index in [0.717, 1.165) is 32.4 Å². The number of piperidine rings is 1. The zero-order valence-corrected chi connectivity index (χ0v) is 19.3. The molecule has 0 N–H and O–H groups in total. The van der Waals surface area contributed by atoms with Crippen LogP contribution in [0.5, 0.6) is 0 Å². The molecular formula is C25H26Cl2N2O2. The average Bonchev–Trinajstić information content (AvgIpc) is 2.99. The van der Waals surface area contributed by atoms with Gasteiger partial charge in [-0.2, -0.15) is 0 Å². The third kappa shape index (κ3) is 4.37. The summed E-state index contributed by atoms with van der Waals surface area (Å²) in [6.07, 6.45) is 2.99. The molecule has 0 saturated carbocycles. The fourth-order valence-corrected chi connectivity index (χ4v) is 5.04. The van der Waals surface area contributed by atoms with E-state index in [1.807, 2.05) is 19.9 Å². The van der Waals surface area contributed by atoms with Crippen LogP contribution in [0, 0.1) is 5.92 Å². The number of halogens is 2. The van der Waals surface area contributed by atoms with Crippen LogP contribution in [0.15, 0.2) is 54.2 Å². The Balaban J connectivity index is 1.62. The van der Waals surface area contributed by atoms with Crippen molar-refractivity contribution in [2.75, 3.05) is 13.1 Å². The lowest BCUT2D eigenvalue weighted by atomic mass is 9.89. The molecule has 0 spiro atoms. The average molecular weight is 457 g/mol. The smallest absolute Gasteiger partial charge is 0.278 e. The Morgan fingerprint density at radius 1 is 0.968 bits per heavy atom. The summed E-state index contributed by atoms with van der Waals surface area (Å²) in [7, 11) is 0. The highest BCUT2D eigenvalue weighted by molar-refractivity contribution is 6.41. The van der Waals surface area contributed by atoms with Gasteiger partial charge < -0.3 is 4.90 Å². The highest BCUT2D eigenvalue weighted by Crippen LogP contribution is 2.38. The van der Waals surface area contributed by atoms with Gasteiger partial charge in [-0.15, -0.1) is 0 Å². The number of carbonyl (C=O) groups excluding carboxylic acids is 2. The van der Waals surface area contributed by atoms with Gasteiger partial charge in [-0.25, -0.2) is 0 Å². The van der Waals surface area contributed by atoms with E-state index in [-0.39, 0.29) is 17.9 Å². The molecular weight excluding hydrogens is 431 g/mol. The van der Waals surface area contributed by atoms with Crippen molar-refractivity contribution in [1.82, 2.24) is 9.80 Å². The van der Waals surface area contributed by atoms with Gasteiger partial charge >= 0.3 is 0 Å².